The van der Waals surface area contributed by atoms with E-state index in [2.05, 4.69) is 6.92 Å². The zero-order valence-corrected chi connectivity index (χ0v) is 14.5. The maximum Gasteiger partial charge on any atom is 0.472 e. The van der Waals surface area contributed by atoms with Gasteiger partial charge < -0.3 is 4.89 Å². The van der Waals surface area contributed by atoms with Crippen LogP contribution in [-0.4, -0.2) is 18.1 Å². The first-order valence-electron chi connectivity index (χ1n) is 8.76. The third kappa shape index (κ3) is 10.5. The van der Waals surface area contributed by atoms with Gasteiger partial charge in [0.2, 0.25) is 0 Å². The zero-order chi connectivity index (χ0) is 15.4. The van der Waals surface area contributed by atoms with Gasteiger partial charge in [-0.05, 0) is 25.2 Å². The van der Waals surface area contributed by atoms with Crippen molar-refractivity contribution in [2.75, 3.05) is 13.2 Å². The van der Waals surface area contributed by atoms with E-state index in [9.17, 15) is 9.46 Å². The van der Waals surface area contributed by atoms with Gasteiger partial charge in [-0.3, -0.25) is 9.05 Å². The van der Waals surface area contributed by atoms with Crippen LogP contribution in [0.1, 0.15) is 84.0 Å². The highest BCUT2D eigenvalue weighted by Gasteiger charge is 2.23. The summed E-state index contributed by atoms with van der Waals surface area (Å²) in [6.45, 7) is 2.90. The molecule has 1 N–H and O–H groups in total. The molecule has 21 heavy (non-hydrogen) atoms. The summed E-state index contributed by atoms with van der Waals surface area (Å²) in [5.74, 6) is 0.395. The van der Waals surface area contributed by atoms with Gasteiger partial charge in [-0.25, -0.2) is 4.57 Å². The normalized spacial score (nSPS) is 30.1. The Hall–Kier alpha value is 0.110. The van der Waals surface area contributed by atoms with Crippen LogP contribution in [0.15, 0.2) is 0 Å². The number of hydrogen-bond acceptors (Lipinski definition) is 3. The Morgan fingerprint density at radius 3 is 2.48 bits per heavy atom. The average Bonchev–Trinajstić information content (AvgIpc) is 2.47. The lowest BCUT2D eigenvalue weighted by Gasteiger charge is -2.19. The van der Waals surface area contributed by atoms with Crippen LogP contribution < -0.4 is 0 Å². The van der Waals surface area contributed by atoms with E-state index in [-0.39, 0.29) is 0 Å². The fourth-order valence-corrected chi connectivity index (χ4v) is 3.66. The minimum absolute atomic E-state index is 0.328. The Bertz CT molecular complexity index is 296. The van der Waals surface area contributed by atoms with Crippen molar-refractivity contribution in [3.05, 3.63) is 0 Å². The molecule has 1 aliphatic heterocycles. The van der Waals surface area contributed by atoms with Gasteiger partial charge in [0.1, 0.15) is 0 Å². The predicted molar refractivity (Wildman–Crippen MR) is 86.3 cm³/mol. The number of unbranched alkanes of at least 4 members (excludes halogenated alkanes) is 3. The van der Waals surface area contributed by atoms with Crippen molar-refractivity contribution in [3.8, 4) is 0 Å². The summed E-state index contributed by atoms with van der Waals surface area (Å²) in [7, 11) is -3.83. The van der Waals surface area contributed by atoms with Crippen LogP contribution in [0.5, 0.6) is 0 Å². The second-order valence-electron chi connectivity index (χ2n) is 6.22. The van der Waals surface area contributed by atoms with Crippen molar-refractivity contribution in [1.82, 2.24) is 0 Å². The number of phosphoric ester groups is 1. The Labute approximate surface area is 130 Å². The molecule has 0 aromatic carbocycles. The summed E-state index contributed by atoms with van der Waals surface area (Å²) in [6, 6.07) is 0. The van der Waals surface area contributed by atoms with Gasteiger partial charge in [0.15, 0.2) is 0 Å². The maximum atomic E-state index is 11.8. The molecule has 0 spiro atoms. The molecule has 126 valence electrons. The fourth-order valence-electron chi connectivity index (χ4n) is 2.83. The van der Waals surface area contributed by atoms with Crippen LogP contribution in [0, 0.1) is 5.92 Å². The molecule has 0 radical (unpaired) electrons. The first-order valence-corrected chi connectivity index (χ1v) is 10.3. The minimum Gasteiger partial charge on any atom is -0.302 e. The molecule has 1 fully saturated rings. The third-order valence-electron chi connectivity index (χ3n) is 4.20. The summed E-state index contributed by atoms with van der Waals surface area (Å²) in [5.41, 5.74) is 0. The van der Waals surface area contributed by atoms with Crippen molar-refractivity contribution >= 4 is 7.82 Å². The lowest BCUT2D eigenvalue weighted by molar-refractivity contribution is 0.124. The average molecular weight is 320 g/mol. The third-order valence-corrected chi connectivity index (χ3v) is 5.18. The molecular formula is C16H33O4P. The van der Waals surface area contributed by atoms with Gasteiger partial charge in [0.05, 0.1) is 13.2 Å². The van der Waals surface area contributed by atoms with Crippen LogP contribution in [0.2, 0.25) is 0 Å². The van der Waals surface area contributed by atoms with E-state index < -0.39 is 7.82 Å². The molecule has 1 heterocycles. The van der Waals surface area contributed by atoms with Crippen molar-refractivity contribution in [2.24, 2.45) is 5.92 Å². The lowest BCUT2D eigenvalue weighted by Crippen LogP contribution is -2.10. The zero-order valence-electron chi connectivity index (χ0n) is 13.6. The first-order chi connectivity index (χ1) is 10.1. The highest BCUT2D eigenvalue weighted by Crippen LogP contribution is 2.44. The standard InChI is InChI=1S/C16H33O4P/c1-2-3-4-9-12-16-13-10-7-5-6-8-11-14-19-21(17,18)20-15-16/h16H,2-15H2,1H3,(H,17,18). The molecule has 1 aliphatic rings. The van der Waals surface area contributed by atoms with E-state index in [1.807, 2.05) is 0 Å². The molecular weight excluding hydrogens is 287 g/mol. The molecule has 1 rings (SSSR count). The number of rotatable bonds is 5. The Balaban J connectivity index is 2.40. The smallest absolute Gasteiger partial charge is 0.302 e. The summed E-state index contributed by atoms with van der Waals surface area (Å²) in [6.07, 6.45) is 14.0. The Morgan fingerprint density at radius 1 is 1.00 bits per heavy atom. The van der Waals surface area contributed by atoms with E-state index in [1.54, 1.807) is 0 Å². The van der Waals surface area contributed by atoms with Crippen LogP contribution in [0.3, 0.4) is 0 Å². The van der Waals surface area contributed by atoms with Gasteiger partial charge in [-0.1, -0.05) is 64.7 Å². The molecule has 0 amide bonds. The molecule has 0 bridgehead atoms. The van der Waals surface area contributed by atoms with E-state index in [0.717, 1.165) is 25.7 Å². The predicted octanol–water partition coefficient (Wildman–Crippen LogP) is 5.45. The van der Waals surface area contributed by atoms with E-state index in [0.29, 0.717) is 19.1 Å². The molecule has 2 unspecified atom stereocenters. The number of phosphoric acid groups is 1. The van der Waals surface area contributed by atoms with Crippen LogP contribution >= 0.6 is 7.82 Å². The van der Waals surface area contributed by atoms with Gasteiger partial charge in [-0.15, -0.1) is 0 Å². The summed E-state index contributed by atoms with van der Waals surface area (Å²) in [4.78, 5) is 9.67. The van der Waals surface area contributed by atoms with Crippen molar-refractivity contribution in [3.63, 3.8) is 0 Å². The van der Waals surface area contributed by atoms with Crippen LogP contribution in [0.25, 0.3) is 0 Å². The van der Waals surface area contributed by atoms with Crippen molar-refractivity contribution in [2.45, 2.75) is 84.0 Å². The summed E-state index contributed by atoms with van der Waals surface area (Å²) >= 11 is 0. The van der Waals surface area contributed by atoms with Gasteiger partial charge in [0.25, 0.3) is 0 Å². The van der Waals surface area contributed by atoms with Gasteiger partial charge in [-0.2, -0.15) is 0 Å². The Morgan fingerprint density at radius 2 is 1.71 bits per heavy atom. The van der Waals surface area contributed by atoms with Gasteiger partial charge in [0, 0.05) is 0 Å². The molecule has 0 saturated carbocycles. The number of hydrogen-bond donors (Lipinski definition) is 1. The molecule has 4 nitrogen and oxygen atoms in total. The Kier molecular flexibility index (Phi) is 10.6. The van der Waals surface area contributed by atoms with Crippen molar-refractivity contribution in [1.29, 1.82) is 0 Å². The lowest BCUT2D eigenvalue weighted by atomic mass is 9.95. The largest absolute Gasteiger partial charge is 0.472 e. The van der Waals surface area contributed by atoms with Crippen LogP contribution in [-0.2, 0) is 13.6 Å². The molecule has 0 aromatic rings. The highest BCUT2D eigenvalue weighted by molar-refractivity contribution is 7.47. The molecule has 5 heteroatoms. The monoisotopic (exact) mass is 320 g/mol. The molecule has 0 aromatic heterocycles. The fraction of sp³-hybridized carbons (Fsp3) is 1.00. The maximum absolute atomic E-state index is 11.8. The van der Waals surface area contributed by atoms with E-state index in [1.165, 1.54) is 51.4 Å². The SMILES string of the molecule is CCCCCCC1CCCCCCCCOP(=O)(O)OC1. The molecule has 2 atom stereocenters. The quantitative estimate of drug-likeness (QED) is 0.540. The second kappa shape index (κ2) is 11.6. The van der Waals surface area contributed by atoms with E-state index >= 15 is 0 Å². The first kappa shape index (κ1) is 19.2. The summed E-state index contributed by atoms with van der Waals surface area (Å²) in [5, 5.41) is 0. The molecule has 0 aliphatic carbocycles. The van der Waals surface area contributed by atoms with Gasteiger partial charge >= 0.3 is 7.82 Å². The second-order valence-corrected chi connectivity index (χ2v) is 7.68. The van der Waals surface area contributed by atoms with E-state index in [4.69, 9.17) is 9.05 Å². The highest BCUT2D eigenvalue weighted by atomic mass is 31.2. The molecule has 1 saturated heterocycles. The summed E-state index contributed by atoms with van der Waals surface area (Å²) < 4.78 is 22.0. The van der Waals surface area contributed by atoms with Crippen LogP contribution in [0.4, 0.5) is 0 Å². The minimum atomic E-state index is -3.83. The topological polar surface area (TPSA) is 55.8 Å². The van der Waals surface area contributed by atoms with Crippen molar-refractivity contribution < 1.29 is 18.5 Å².